The minimum Gasteiger partial charge on any atom is -0.396 e. The summed E-state index contributed by atoms with van der Waals surface area (Å²) >= 11 is 0. The maximum absolute atomic E-state index is 9.23. The Labute approximate surface area is 109 Å². The van der Waals surface area contributed by atoms with Crippen LogP contribution in [0.15, 0.2) is 12.3 Å². The summed E-state index contributed by atoms with van der Waals surface area (Å²) in [6.45, 7) is 6.41. The number of aliphatic hydroxyl groups excluding tert-OH is 1. The highest BCUT2D eigenvalue weighted by Gasteiger charge is 2.41. The van der Waals surface area contributed by atoms with Gasteiger partial charge in [0.15, 0.2) is 0 Å². The molecule has 0 radical (unpaired) electrons. The number of hydrogen-bond acceptors (Lipinski definition) is 3. The Morgan fingerprint density at radius 2 is 2.17 bits per heavy atom. The van der Waals surface area contributed by atoms with Gasteiger partial charge in [-0.25, -0.2) is 0 Å². The van der Waals surface area contributed by atoms with E-state index in [0.717, 1.165) is 44.5 Å². The fraction of sp³-hybridized carbons (Fsp3) is 0.786. The molecular weight excluding hydrogens is 226 g/mol. The summed E-state index contributed by atoms with van der Waals surface area (Å²) in [7, 11) is 0. The van der Waals surface area contributed by atoms with Crippen LogP contribution in [0.3, 0.4) is 0 Å². The van der Waals surface area contributed by atoms with E-state index in [9.17, 15) is 5.11 Å². The van der Waals surface area contributed by atoms with E-state index in [0.29, 0.717) is 12.6 Å². The molecule has 0 amide bonds. The quantitative estimate of drug-likeness (QED) is 0.744. The van der Waals surface area contributed by atoms with Gasteiger partial charge in [0.05, 0.1) is 11.7 Å². The van der Waals surface area contributed by atoms with Gasteiger partial charge in [-0.1, -0.05) is 13.8 Å². The van der Waals surface area contributed by atoms with Gasteiger partial charge in [-0.15, -0.1) is 0 Å². The van der Waals surface area contributed by atoms with Gasteiger partial charge < -0.3 is 10.4 Å². The zero-order valence-electron chi connectivity index (χ0n) is 11.5. The summed E-state index contributed by atoms with van der Waals surface area (Å²) < 4.78 is 2.08. The molecule has 1 aliphatic rings. The lowest BCUT2D eigenvalue weighted by Gasteiger charge is -2.13. The maximum atomic E-state index is 9.23. The summed E-state index contributed by atoms with van der Waals surface area (Å²) in [5.41, 5.74) is 1.27. The van der Waals surface area contributed by atoms with Gasteiger partial charge in [0.2, 0.25) is 0 Å². The van der Waals surface area contributed by atoms with Gasteiger partial charge >= 0.3 is 0 Å². The van der Waals surface area contributed by atoms with E-state index in [1.807, 2.05) is 0 Å². The highest BCUT2D eigenvalue weighted by molar-refractivity contribution is 5.01. The van der Waals surface area contributed by atoms with E-state index < -0.39 is 0 Å². The van der Waals surface area contributed by atoms with Crippen molar-refractivity contribution in [1.29, 1.82) is 0 Å². The van der Waals surface area contributed by atoms with Gasteiger partial charge in [-0.3, -0.25) is 4.68 Å². The van der Waals surface area contributed by atoms with E-state index in [1.54, 1.807) is 0 Å². The molecule has 1 aromatic rings. The average molecular weight is 251 g/mol. The molecule has 102 valence electrons. The molecule has 0 atom stereocenters. The number of hydrogen-bond donors (Lipinski definition) is 2. The number of aromatic nitrogens is 2. The monoisotopic (exact) mass is 251 g/mol. The summed E-state index contributed by atoms with van der Waals surface area (Å²) in [5.74, 6) is 0. The fourth-order valence-electron chi connectivity index (χ4n) is 2.36. The van der Waals surface area contributed by atoms with Gasteiger partial charge in [-0.2, -0.15) is 5.10 Å². The van der Waals surface area contributed by atoms with Crippen molar-refractivity contribution in [2.24, 2.45) is 5.41 Å². The van der Waals surface area contributed by atoms with Crippen LogP contribution in [0.1, 0.15) is 51.3 Å². The first-order valence-corrected chi connectivity index (χ1v) is 7.08. The molecule has 0 aromatic carbocycles. The Morgan fingerprint density at radius 1 is 1.44 bits per heavy atom. The second-order valence-electron chi connectivity index (χ2n) is 5.52. The van der Waals surface area contributed by atoms with E-state index >= 15 is 0 Å². The van der Waals surface area contributed by atoms with Gasteiger partial charge in [0, 0.05) is 31.3 Å². The summed E-state index contributed by atoms with van der Waals surface area (Å²) in [5, 5.41) is 17.3. The smallest absolute Gasteiger partial charge is 0.0762 e. The minimum absolute atomic E-state index is 0.179. The zero-order valence-corrected chi connectivity index (χ0v) is 11.5. The molecule has 1 aliphatic carbocycles. The Balaban J connectivity index is 1.79. The van der Waals surface area contributed by atoms with Crippen LogP contribution in [-0.4, -0.2) is 28.0 Å². The van der Waals surface area contributed by atoms with Crippen LogP contribution in [0, 0.1) is 5.41 Å². The lowest BCUT2D eigenvalue weighted by molar-refractivity contribution is 0.207. The molecule has 4 heteroatoms. The van der Waals surface area contributed by atoms with Gasteiger partial charge in [0.1, 0.15) is 0 Å². The highest BCUT2D eigenvalue weighted by Crippen LogP contribution is 2.44. The van der Waals surface area contributed by atoms with Crippen molar-refractivity contribution >= 4 is 0 Å². The summed E-state index contributed by atoms with van der Waals surface area (Å²) in [6, 6.07) is 2.61. The highest BCUT2D eigenvalue weighted by atomic mass is 16.3. The first-order valence-electron chi connectivity index (χ1n) is 7.08. The molecule has 0 aliphatic heterocycles. The van der Waals surface area contributed by atoms with Gasteiger partial charge in [-0.05, 0) is 31.7 Å². The topological polar surface area (TPSA) is 50.1 Å². The van der Waals surface area contributed by atoms with Crippen molar-refractivity contribution in [2.45, 2.75) is 52.1 Å². The number of rotatable bonds is 8. The number of aliphatic hydroxyl groups is 1. The van der Waals surface area contributed by atoms with Crippen LogP contribution in [0.5, 0.6) is 0 Å². The number of nitrogens with zero attached hydrogens (tertiary/aromatic N) is 2. The van der Waals surface area contributed by atoms with Crippen molar-refractivity contribution in [3.8, 4) is 0 Å². The molecule has 1 heterocycles. The van der Waals surface area contributed by atoms with Crippen molar-refractivity contribution in [1.82, 2.24) is 15.1 Å². The van der Waals surface area contributed by atoms with Crippen LogP contribution in [-0.2, 0) is 6.54 Å². The van der Waals surface area contributed by atoms with Crippen molar-refractivity contribution < 1.29 is 5.11 Å². The summed E-state index contributed by atoms with van der Waals surface area (Å²) in [4.78, 5) is 0. The Kier molecular flexibility index (Phi) is 4.40. The Morgan fingerprint density at radius 3 is 2.72 bits per heavy atom. The van der Waals surface area contributed by atoms with E-state index in [2.05, 4.69) is 41.2 Å². The molecule has 0 bridgehead atoms. The Hall–Kier alpha value is -0.870. The van der Waals surface area contributed by atoms with E-state index in [-0.39, 0.29) is 5.41 Å². The first-order chi connectivity index (χ1) is 8.73. The second-order valence-corrected chi connectivity index (χ2v) is 5.52. The minimum atomic E-state index is 0.179. The van der Waals surface area contributed by atoms with Crippen LogP contribution in [0.2, 0.25) is 0 Å². The molecule has 18 heavy (non-hydrogen) atoms. The maximum Gasteiger partial charge on any atom is 0.0762 e. The van der Waals surface area contributed by atoms with Crippen molar-refractivity contribution in [3.63, 3.8) is 0 Å². The molecule has 2 N–H and O–H groups in total. The Bertz CT molecular complexity index is 367. The molecule has 0 saturated heterocycles. The third-order valence-electron chi connectivity index (χ3n) is 4.08. The predicted molar refractivity (Wildman–Crippen MR) is 72.3 cm³/mol. The van der Waals surface area contributed by atoms with Crippen LogP contribution < -0.4 is 5.32 Å². The zero-order chi connectivity index (χ0) is 13.0. The molecule has 0 spiro atoms. The normalized spacial score (nSPS) is 17.3. The standard InChI is InChI=1S/C14H25N3O/c1-3-13(4-2)17-8-5-12(16-17)9-15-10-14(11-18)6-7-14/h5,8,13,15,18H,3-4,6-7,9-11H2,1-2H3. The first kappa shape index (κ1) is 13.6. The second kappa shape index (κ2) is 5.85. The third-order valence-corrected chi connectivity index (χ3v) is 4.08. The van der Waals surface area contributed by atoms with Gasteiger partial charge in [0.25, 0.3) is 0 Å². The van der Waals surface area contributed by atoms with E-state index in [1.165, 1.54) is 0 Å². The molecule has 1 aromatic heterocycles. The van der Waals surface area contributed by atoms with Crippen molar-refractivity contribution in [3.05, 3.63) is 18.0 Å². The number of nitrogens with one attached hydrogen (secondary N) is 1. The fourth-order valence-corrected chi connectivity index (χ4v) is 2.36. The van der Waals surface area contributed by atoms with Crippen LogP contribution >= 0.6 is 0 Å². The molecule has 1 fully saturated rings. The molecule has 4 nitrogen and oxygen atoms in total. The SMILES string of the molecule is CCC(CC)n1ccc(CNCC2(CO)CC2)n1. The molecule has 1 saturated carbocycles. The lowest BCUT2D eigenvalue weighted by atomic mass is 10.1. The van der Waals surface area contributed by atoms with Crippen LogP contribution in [0.4, 0.5) is 0 Å². The lowest BCUT2D eigenvalue weighted by Crippen LogP contribution is -2.26. The van der Waals surface area contributed by atoms with Crippen LogP contribution in [0.25, 0.3) is 0 Å². The third kappa shape index (κ3) is 3.12. The molecular formula is C14H25N3O. The predicted octanol–water partition coefficient (Wildman–Crippen LogP) is 2.11. The molecule has 2 rings (SSSR count). The molecule has 0 unspecified atom stereocenters. The average Bonchev–Trinajstić information content (AvgIpc) is 3.03. The largest absolute Gasteiger partial charge is 0.396 e. The summed E-state index contributed by atoms with van der Waals surface area (Å²) in [6.07, 6.45) is 6.63. The van der Waals surface area contributed by atoms with E-state index in [4.69, 9.17) is 0 Å². The van der Waals surface area contributed by atoms with Crippen molar-refractivity contribution in [2.75, 3.05) is 13.2 Å².